The number of carbonyl (C=O) groups is 3. The van der Waals surface area contributed by atoms with Crippen LogP contribution in [0.1, 0.15) is 51.5 Å². The number of hydrogen-bond donors (Lipinski definition) is 1. The van der Waals surface area contributed by atoms with E-state index in [0.717, 1.165) is 25.7 Å². The lowest BCUT2D eigenvalue weighted by atomic mass is 9.81. The summed E-state index contributed by atoms with van der Waals surface area (Å²) < 4.78 is 20.4. The van der Waals surface area contributed by atoms with Gasteiger partial charge < -0.3 is 15.0 Å². The van der Waals surface area contributed by atoms with Crippen molar-refractivity contribution in [1.82, 2.24) is 10.2 Å². The highest BCUT2D eigenvalue weighted by Gasteiger charge is 2.47. The Morgan fingerprint density at radius 3 is 2.31 bits per heavy atom. The Balaban J connectivity index is 1.27. The van der Waals surface area contributed by atoms with Crippen molar-refractivity contribution in [3.8, 4) is 0 Å². The van der Waals surface area contributed by atoms with Crippen LogP contribution in [-0.2, 0) is 25.7 Å². The molecule has 7 nitrogen and oxygen atoms in total. The van der Waals surface area contributed by atoms with Gasteiger partial charge in [-0.05, 0) is 44.4 Å². The number of likely N-dealkylation sites (tertiary alicyclic amines) is 1. The molecule has 1 aliphatic carbocycles. The molecule has 0 aromatic heterocycles. The van der Waals surface area contributed by atoms with Gasteiger partial charge in [-0.25, -0.2) is 4.39 Å². The fraction of sp³-hybridized carbons (Fsp3) is 0.625. The standard InChI is InChI=1S/C24H32FN3O4/c1-15-13-27(14-16(2)32-15)21-8-7-17(11-20(21)25)12-26-22(29)9-10-28-23(30)18-5-3-4-6-19(18)24(28)31/h7-8,11,15-16,18-19H,3-6,9-10,12-14H2,1-2H3,(H,26,29). The summed E-state index contributed by atoms with van der Waals surface area (Å²) in [6, 6.07) is 4.99. The van der Waals surface area contributed by atoms with Gasteiger partial charge in [-0.3, -0.25) is 19.3 Å². The summed E-state index contributed by atoms with van der Waals surface area (Å²) in [5.41, 5.74) is 1.20. The molecule has 4 atom stereocenters. The number of halogens is 1. The van der Waals surface area contributed by atoms with Gasteiger partial charge in [-0.2, -0.15) is 0 Å². The van der Waals surface area contributed by atoms with E-state index in [9.17, 15) is 18.8 Å². The van der Waals surface area contributed by atoms with Gasteiger partial charge in [0.15, 0.2) is 0 Å². The quantitative estimate of drug-likeness (QED) is 0.681. The van der Waals surface area contributed by atoms with Gasteiger partial charge in [0, 0.05) is 32.6 Å². The minimum atomic E-state index is -0.325. The van der Waals surface area contributed by atoms with Crippen LogP contribution in [0, 0.1) is 17.7 Å². The number of imide groups is 1. The minimum absolute atomic E-state index is 0.0374. The number of fused-ring (bicyclic) bond motifs is 1. The van der Waals surface area contributed by atoms with E-state index in [4.69, 9.17) is 4.74 Å². The van der Waals surface area contributed by atoms with E-state index in [1.807, 2.05) is 24.8 Å². The number of ether oxygens (including phenoxy) is 1. The Morgan fingerprint density at radius 2 is 1.72 bits per heavy atom. The first-order valence-corrected chi connectivity index (χ1v) is 11.6. The molecule has 0 spiro atoms. The molecule has 1 saturated carbocycles. The van der Waals surface area contributed by atoms with Crippen LogP contribution in [0.5, 0.6) is 0 Å². The van der Waals surface area contributed by atoms with E-state index in [0.29, 0.717) is 24.3 Å². The van der Waals surface area contributed by atoms with E-state index in [2.05, 4.69) is 5.32 Å². The number of hydrogen-bond acceptors (Lipinski definition) is 5. The minimum Gasteiger partial charge on any atom is -0.372 e. The Bertz CT molecular complexity index is 858. The Morgan fingerprint density at radius 1 is 1.09 bits per heavy atom. The van der Waals surface area contributed by atoms with Gasteiger partial charge in [0.05, 0.1) is 29.7 Å². The molecule has 3 fully saturated rings. The second kappa shape index (κ2) is 9.57. The van der Waals surface area contributed by atoms with Crippen LogP contribution in [0.2, 0.25) is 0 Å². The molecule has 2 aliphatic heterocycles. The highest BCUT2D eigenvalue weighted by molar-refractivity contribution is 6.05. The number of nitrogens with one attached hydrogen (secondary N) is 1. The maximum atomic E-state index is 14.7. The molecule has 2 saturated heterocycles. The van der Waals surface area contributed by atoms with Crippen LogP contribution in [-0.4, -0.2) is 54.5 Å². The predicted molar refractivity (Wildman–Crippen MR) is 117 cm³/mol. The average Bonchev–Trinajstić information content (AvgIpc) is 3.00. The van der Waals surface area contributed by atoms with Crippen LogP contribution in [0.25, 0.3) is 0 Å². The molecule has 8 heteroatoms. The van der Waals surface area contributed by atoms with Crippen LogP contribution in [0.15, 0.2) is 18.2 Å². The molecule has 3 amide bonds. The zero-order chi connectivity index (χ0) is 22.8. The van der Waals surface area contributed by atoms with E-state index in [1.165, 1.54) is 11.0 Å². The van der Waals surface area contributed by atoms with Crippen LogP contribution in [0.4, 0.5) is 10.1 Å². The molecule has 1 aromatic carbocycles. The average molecular weight is 446 g/mol. The highest BCUT2D eigenvalue weighted by Crippen LogP contribution is 2.38. The molecule has 2 heterocycles. The van der Waals surface area contributed by atoms with Gasteiger partial charge in [-0.15, -0.1) is 0 Å². The monoisotopic (exact) mass is 445 g/mol. The van der Waals surface area contributed by atoms with Gasteiger partial charge in [0.25, 0.3) is 0 Å². The van der Waals surface area contributed by atoms with Crippen molar-refractivity contribution in [1.29, 1.82) is 0 Å². The maximum Gasteiger partial charge on any atom is 0.233 e. The molecule has 0 bridgehead atoms. The number of benzene rings is 1. The predicted octanol–water partition coefficient (Wildman–Crippen LogP) is 2.62. The third kappa shape index (κ3) is 4.80. The Labute approximate surface area is 188 Å². The van der Waals surface area contributed by atoms with Crippen LogP contribution >= 0.6 is 0 Å². The molecule has 1 aromatic rings. The largest absolute Gasteiger partial charge is 0.372 e. The lowest BCUT2D eigenvalue weighted by Crippen LogP contribution is -2.45. The number of rotatable bonds is 6. The normalized spacial score (nSPS) is 28.1. The lowest BCUT2D eigenvalue weighted by molar-refractivity contribution is -0.140. The first-order valence-electron chi connectivity index (χ1n) is 11.6. The second-order valence-electron chi connectivity index (χ2n) is 9.30. The number of morpholine rings is 1. The van der Waals surface area contributed by atoms with Crippen LogP contribution < -0.4 is 10.2 Å². The summed E-state index contributed by atoms with van der Waals surface area (Å²) in [6.45, 7) is 5.51. The fourth-order valence-electron chi connectivity index (χ4n) is 5.25. The summed E-state index contributed by atoms with van der Waals surface area (Å²) >= 11 is 0. The molecular weight excluding hydrogens is 413 g/mol. The molecule has 0 radical (unpaired) electrons. The zero-order valence-electron chi connectivity index (χ0n) is 18.8. The summed E-state index contributed by atoms with van der Waals surface area (Å²) in [7, 11) is 0. The van der Waals surface area contributed by atoms with Gasteiger partial charge in [0.1, 0.15) is 5.82 Å². The Kier molecular flexibility index (Phi) is 6.79. The van der Waals surface area contributed by atoms with Crippen molar-refractivity contribution in [3.05, 3.63) is 29.6 Å². The second-order valence-corrected chi connectivity index (χ2v) is 9.30. The molecule has 1 N–H and O–H groups in total. The van der Waals surface area contributed by atoms with Gasteiger partial charge in [-0.1, -0.05) is 18.9 Å². The van der Waals surface area contributed by atoms with Crippen molar-refractivity contribution in [2.45, 2.75) is 64.7 Å². The number of nitrogens with zero attached hydrogens (tertiary/aromatic N) is 2. The molecule has 174 valence electrons. The van der Waals surface area contributed by atoms with Crippen molar-refractivity contribution < 1.29 is 23.5 Å². The van der Waals surface area contributed by atoms with Crippen molar-refractivity contribution in [3.63, 3.8) is 0 Å². The molecular formula is C24H32FN3O4. The van der Waals surface area contributed by atoms with Crippen molar-refractivity contribution in [2.75, 3.05) is 24.5 Å². The maximum absolute atomic E-state index is 14.7. The summed E-state index contributed by atoms with van der Waals surface area (Å²) in [5.74, 6) is -1.24. The zero-order valence-corrected chi connectivity index (χ0v) is 18.8. The van der Waals surface area contributed by atoms with Crippen molar-refractivity contribution in [2.24, 2.45) is 11.8 Å². The molecule has 4 rings (SSSR count). The van der Waals surface area contributed by atoms with E-state index >= 15 is 0 Å². The highest BCUT2D eigenvalue weighted by atomic mass is 19.1. The number of amides is 3. The number of carbonyl (C=O) groups excluding carboxylic acids is 3. The van der Waals surface area contributed by atoms with E-state index < -0.39 is 0 Å². The summed E-state index contributed by atoms with van der Waals surface area (Å²) in [6.07, 6.45) is 3.62. The van der Waals surface area contributed by atoms with E-state index in [1.54, 1.807) is 6.07 Å². The van der Waals surface area contributed by atoms with E-state index in [-0.39, 0.29) is 67.1 Å². The van der Waals surface area contributed by atoms with Crippen LogP contribution in [0.3, 0.4) is 0 Å². The SMILES string of the molecule is CC1CN(c2ccc(CNC(=O)CCN3C(=O)C4CCCCC4C3=O)cc2F)CC(C)O1. The summed E-state index contributed by atoms with van der Waals surface area (Å²) in [4.78, 5) is 40.5. The molecule has 4 unspecified atom stereocenters. The third-order valence-corrected chi connectivity index (χ3v) is 6.76. The lowest BCUT2D eigenvalue weighted by Gasteiger charge is -2.37. The fourth-order valence-corrected chi connectivity index (χ4v) is 5.25. The number of anilines is 1. The molecule has 32 heavy (non-hydrogen) atoms. The third-order valence-electron chi connectivity index (χ3n) is 6.76. The van der Waals surface area contributed by atoms with Crippen molar-refractivity contribution >= 4 is 23.4 Å². The first-order chi connectivity index (χ1) is 15.3. The first kappa shape index (κ1) is 22.7. The Hall–Kier alpha value is -2.48. The van der Waals surface area contributed by atoms with Gasteiger partial charge >= 0.3 is 0 Å². The summed E-state index contributed by atoms with van der Waals surface area (Å²) in [5, 5.41) is 2.77. The van der Waals surface area contributed by atoms with Gasteiger partial charge in [0.2, 0.25) is 17.7 Å². The topological polar surface area (TPSA) is 79.0 Å². The smallest absolute Gasteiger partial charge is 0.233 e. The molecule has 3 aliphatic rings.